The molecule has 1 aliphatic rings. The zero-order valence-electron chi connectivity index (χ0n) is 13.3. The van der Waals surface area contributed by atoms with Crippen molar-refractivity contribution >= 4 is 5.91 Å². The predicted molar refractivity (Wildman–Crippen MR) is 86.7 cm³/mol. The number of hydrogen-bond donors (Lipinski definition) is 1. The monoisotopic (exact) mass is 288 g/mol. The lowest BCUT2D eigenvalue weighted by Gasteiger charge is -2.39. The third-order valence-electron chi connectivity index (χ3n) is 4.75. The molecule has 2 N–H and O–H groups in total. The molecule has 0 saturated heterocycles. The van der Waals surface area contributed by atoms with Gasteiger partial charge in [0.2, 0.25) is 5.91 Å². The van der Waals surface area contributed by atoms with Crippen LogP contribution < -0.4 is 5.73 Å². The molecule has 0 aliphatic heterocycles. The normalized spacial score (nSPS) is 19.0. The summed E-state index contributed by atoms with van der Waals surface area (Å²) in [5.41, 5.74) is 6.99. The van der Waals surface area contributed by atoms with Gasteiger partial charge in [0, 0.05) is 12.6 Å². The zero-order valence-corrected chi connectivity index (χ0v) is 13.3. The molecule has 0 radical (unpaired) electrons. The van der Waals surface area contributed by atoms with Crippen LogP contribution in [0.1, 0.15) is 57.9 Å². The molecule has 3 heteroatoms. The molecular weight excluding hydrogens is 260 g/mol. The minimum atomic E-state index is -0.642. The fourth-order valence-electron chi connectivity index (χ4n) is 3.11. The molecule has 1 aliphatic carbocycles. The van der Waals surface area contributed by atoms with Gasteiger partial charge in [0.25, 0.3) is 0 Å². The van der Waals surface area contributed by atoms with E-state index in [9.17, 15) is 4.79 Å². The molecule has 1 atom stereocenters. The van der Waals surface area contributed by atoms with Crippen LogP contribution in [-0.4, -0.2) is 22.4 Å². The van der Waals surface area contributed by atoms with Gasteiger partial charge in [-0.15, -0.1) is 0 Å². The Morgan fingerprint density at radius 3 is 2.43 bits per heavy atom. The Bertz CT molecular complexity index is 452. The number of nitrogens with zero attached hydrogens (tertiary/aromatic N) is 1. The quantitative estimate of drug-likeness (QED) is 0.901. The predicted octanol–water partition coefficient (Wildman–Crippen LogP) is 3.48. The van der Waals surface area contributed by atoms with Crippen LogP contribution >= 0.6 is 0 Å². The van der Waals surface area contributed by atoms with Crippen molar-refractivity contribution in [2.75, 3.05) is 0 Å². The van der Waals surface area contributed by atoms with E-state index >= 15 is 0 Å². The van der Waals surface area contributed by atoms with Gasteiger partial charge < -0.3 is 10.6 Å². The van der Waals surface area contributed by atoms with E-state index in [1.807, 2.05) is 23.1 Å². The lowest BCUT2D eigenvalue weighted by atomic mass is 9.81. The van der Waals surface area contributed by atoms with Crippen LogP contribution in [0.4, 0.5) is 0 Å². The third kappa shape index (κ3) is 3.85. The first-order valence-electron chi connectivity index (χ1n) is 8.20. The number of amides is 1. The van der Waals surface area contributed by atoms with Crippen molar-refractivity contribution < 1.29 is 4.79 Å². The first-order chi connectivity index (χ1) is 10.1. The largest absolute Gasteiger partial charge is 0.334 e. The second kappa shape index (κ2) is 7.08. The van der Waals surface area contributed by atoms with Crippen molar-refractivity contribution in [3.63, 3.8) is 0 Å². The van der Waals surface area contributed by atoms with Crippen molar-refractivity contribution in [3.8, 4) is 0 Å². The summed E-state index contributed by atoms with van der Waals surface area (Å²) in [7, 11) is 0. The summed E-state index contributed by atoms with van der Waals surface area (Å²) in [6.07, 6.45) is 5.95. The topological polar surface area (TPSA) is 46.3 Å². The summed E-state index contributed by atoms with van der Waals surface area (Å²) in [6.45, 7) is 4.90. The Labute approximate surface area is 128 Å². The van der Waals surface area contributed by atoms with E-state index in [0.717, 1.165) is 32.1 Å². The number of benzene rings is 1. The molecule has 3 nitrogen and oxygen atoms in total. The van der Waals surface area contributed by atoms with Gasteiger partial charge in [0.15, 0.2) is 0 Å². The second-order valence-electron chi connectivity index (χ2n) is 6.39. The molecule has 0 bridgehead atoms. The van der Waals surface area contributed by atoms with E-state index in [1.54, 1.807) is 0 Å². The highest BCUT2D eigenvalue weighted by Gasteiger charge is 2.39. The van der Waals surface area contributed by atoms with Crippen molar-refractivity contribution in [3.05, 3.63) is 35.9 Å². The number of hydrogen-bond acceptors (Lipinski definition) is 2. The van der Waals surface area contributed by atoms with Gasteiger partial charge in [-0.2, -0.15) is 0 Å². The summed E-state index contributed by atoms with van der Waals surface area (Å²) in [6, 6.07) is 10.4. The molecule has 0 aromatic heterocycles. The van der Waals surface area contributed by atoms with Gasteiger partial charge in [-0.1, -0.05) is 56.5 Å². The molecule has 116 valence electrons. The average Bonchev–Trinajstić information content (AvgIpc) is 2.53. The number of rotatable bonds is 5. The molecule has 21 heavy (non-hydrogen) atoms. The molecule has 0 spiro atoms. The van der Waals surface area contributed by atoms with Crippen LogP contribution in [0, 0.1) is 0 Å². The van der Waals surface area contributed by atoms with E-state index in [2.05, 4.69) is 26.0 Å². The summed E-state index contributed by atoms with van der Waals surface area (Å²) in [4.78, 5) is 15.0. The Morgan fingerprint density at radius 2 is 1.86 bits per heavy atom. The molecule has 0 heterocycles. The van der Waals surface area contributed by atoms with Crippen molar-refractivity contribution in [1.82, 2.24) is 4.90 Å². The maximum Gasteiger partial charge on any atom is 0.243 e. The van der Waals surface area contributed by atoms with E-state index in [-0.39, 0.29) is 11.9 Å². The number of carbonyl (C=O) groups excluding carboxylic acids is 1. The minimum Gasteiger partial charge on any atom is -0.334 e. The number of nitrogens with two attached hydrogens (primary N) is 1. The van der Waals surface area contributed by atoms with Gasteiger partial charge >= 0.3 is 0 Å². The minimum absolute atomic E-state index is 0.139. The van der Waals surface area contributed by atoms with Gasteiger partial charge in [-0.25, -0.2) is 0 Å². The molecule has 1 amide bonds. The summed E-state index contributed by atoms with van der Waals surface area (Å²) < 4.78 is 0. The molecule has 1 unspecified atom stereocenters. The van der Waals surface area contributed by atoms with E-state index in [4.69, 9.17) is 5.73 Å². The highest BCUT2D eigenvalue weighted by atomic mass is 16.2. The maximum absolute atomic E-state index is 13.0. The molecule has 1 aromatic rings. The lowest BCUT2D eigenvalue weighted by molar-refractivity contribution is -0.141. The number of carbonyl (C=O) groups is 1. The van der Waals surface area contributed by atoms with E-state index < -0.39 is 5.54 Å². The second-order valence-corrected chi connectivity index (χ2v) is 6.39. The molecule has 1 saturated carbocycles. The summed E-state index contributed by atoms with van der Waals surface area (Å²) >= 11 is 0. The first kappa shape index (κ1) is 16.0. The maximum atomic E-state index is 13.0. The fourth-order valence-corrected chi connectivity index (χ4v) is 3.11. The first-order valence-corrected chi connectivity index (χ1v) is 8.20. The Kier molecular flexibility index (Phi) is 5.40. The van der Waals surface area contributed by atoms with Crippen LogP contribution in [0.2, 0.25) is 0 Å². The van der Waals surface area contributed by atoms with Crippen LogP contribution in [0.25, 0.3) is 0 Å². The zero-order chi connectivity index (χ0) is 15.3. The summed E-state index contributed by atoms with van der Waals surface area (Å²) in [5, 5.41) is 0. The Balaban J connectivity index is 2.17. The van der Waals surface area contributed by atoms with Gasteiger partial charge in [0.05, 0.1) is 5.54 Å². The highest BCUT2D eigenvalue weighted by Crippen LogP contribution is 2.29. The van der Waals surface area contributed by atoms with Crippen LogP contribution in [0.3, 0.4) is 0 Å². The Morgan fingerprint density at radius 1 is 1.24 bits per heavy atom. The van der Waals surface area contributed by atoms with Gasteiger partial charge in [-0.05, 0) is 31.7 Å². The summed E-state index contributed by atoms with van der Waals surface area (Å²) in [5.74, 6) is 0.139. The Hall–Kier alpha value is -1.35. The lowest BCUT2D eigenvalue weighted by Crippen LogP contribution is -2.57. The molecule has 1 aromatic carbocycles. The molecule has 2 rings (SSSR count). The van der Waals surface area contributed by atoms with Crippen molar-refractivity contribution in [2.45, 2.75) is 70.5 Å². The van der Waals surface area contributed by atoms with E-state index in [1.165, 1.54) is 12.0 Å². The SMILES string of the molecule is CCC(C)N(Cc1ccccc1)C(=O)C1(N)CCCCC1. The highest BCUT2D eigenvalue weighted by molar-refractivity contribution is 5.86. The smallest absolute Gasteiger partial charge is 0.243 e. The van der Waals surface area contributed by atoms with Crippen molar-refractivity contribution in [1.29, 1.82) is 0 Å². The standard InChI is InChI=1S/C18H28N2O/c1-3-15(2)20(14-16-10-6-4-7-11-16)17(21)18(19)12-8-5-9-13-18/h4,6-7,10-11,15H,3,5,8-9,12-14,19H2,1-2H3. The van der Waals surface area contributed by atoms with Crippen molar-refractivity contribution in [2.24, 2.45) is 5.73 Å². The van der Waals surface area contributed by atoms with Gasteiger partial charge in [-0.3, -0.25) is 4.79 Å². The fraction of sp³-hybridized carbons (Fsp3) is 0.611. The van der Waals surface area contributed by atoms with E-state index in [0.29, 0.717) is 6.54 Å². The van der Waals surface area contributed by atoms with Crippen LogP contribution in [-0.2, 0) is 11.3 Å². The average molecular weight is 288 g/mol. The van der Waals surface area contributed by atoms with Gasteiger partial charge in [0.1, 0.15) is 0 Å². The van der Waals surface area contributed by atoms with Crippen LogP contribution in [0.5, 0.6) is 0 Å². The van der Waals surface area contributed by atoms with Crippen LogP contribution in [0.15, 0.2) is 30.3 Å². The third-order valence-corrected chi connectivity index (χ3v) is 4.75. The molecular formula is C18H28N2O. The molecule has 1 fully saturated rings.